The molecule has 0 spiro atoms. The molecule has 0 heterocycles. The third-order valence-electron chi connectivity index (χ3n) is 0.669. The molecular formula is C6H11NOS. The molecule has 9 heavy (non-hydrogen) atoms. The molecule has 0 aliphatic carbocycles. The summed E-state index contributed by atoms with van der Waals surface area (Å²) in [6.07, 6.45) is 3.15. The van der Waals surface area contributed by atoms with Crippen molar-refractivity contribution in [1.82, 2.24) is 5.32 Å². The van der Waals surface area contributed by atoms with Crippen LogP contribution in [0, 0.1) is 0 Å². The lowest BCUT2D eigenvalue weighted by Crippen LogP contribution is -2.26. The van der Waals surface area contributed by atoms with Crippen LogP contribution in [0.25, 0.3) is 0 Å². The van der Waals surface area contributed by atoms with Crippen LogP contribution in [0.4, 0.5) is 0 Å². The van der Waals surface area contributed by atoms with Gasteiger partial charge in [-0.1, -0.05) is 6.08 Å². The first-order chi connectivity index (χ1) is 4.16. The van der Waals surface area contributed by atoms with Gasteiger partial charge in [0.2, 0.25) is 5.91 Å². The van der Waals surface area contributed by atoms with Gasteiger partial charge in [-0.3, -0.25) is 4.79 Å². The van der Waals surface area contributed by atoms with Crippen molar-refractivity contribution in [3.05, 3.63) is 12.2 Å². The Balaban J connectivity index is 3.51. The summed E-state index contributed by atoms with van der Waals surface area (Å²) < 4.78 is 0. The van der Waals surface area contributed by atoms with E-state index < -0.39 is 0 Å². The van der Waals surface area contributed by atoms with E-state index in [1.54, 1.807) is 19.9 Å². The molecule has 0 aliphatic heterocycles. The highest BCUT2D eigenvalue weighted by molar-refractivity contribution is 7.80. The highest BCUT2D eigenvalue weighted by Gasteiger charge is 1.95. The summed E-state index contributed by atoms with van der Waals surface area (Å²) in [5, 5.41) is 2.51. The first-order valence-electron chi connectivity index (χ1n) is 2.78. The Bertz CT molecular complexity index is 120. The number of rotatable bonds is 2. The molecule has 0 aromatic heterocycles. The maximum Gasteiger partial charge on any atom is 0.244 e. The van der Waals surface area contributed by atoms with Crippen molar-refractivity contribution in [1.29, 1.82) is 0 Å². The first kappa shape index (κ1) is 8.56. The summed E-state index contributed by atoms with van der Waals surface area (Å²) in [4.78, 5) is 10.6. The van der Waals surface area contributed by atoms with Crippen molar-refractivity contribution in [2.45, 2.75) is 19.2 Å². The maximum absolute atomic E-state index is 10.6. The molecule has 0 aromatic carbocycles. The number of hydrogen-bond acceptors (Lipinski definition) is 2. The quantitative estimate of drug-likeness (QED) is 0.338. The summed E-state index contributed by atoms with van der Waals surface area (Å²) in [5.41, 5.74) is 0. The summed E-state index contributed by atoms with van der Waals surface area (Å²) in [6.45, 7) is 3.59. The van der Waals surface area contributed by atoms with E-state index in [4.69, 9.17) is 0 Å². The number of hydrogen-bond donors (Lipinski definition) is 2. The summed E-state index contributed by atoms with van der Waals surface area (Å²) in [5.74, 6) is -0.0972. The predicted molar refractivity (Wildman–Crippen MR) is 41.4 cm³/mol. The smallest absolute Gasteiger partial charge is 0.244 e. The molecule has 0 fully saturated rings. The van der Waals surface area contributed by atoms with Crippen LogP contribution in [0.15, 0.2) is 12.2 Å². The molecule has 0 saturated carbocycles. The molecule has 0 saturated heterocycles. The Morgan fingerprint density at radius 2 is 2.33 bits per heavy atom. The van der Waals surface area contributed by atoms with Gasteiger partial charge in [-0.25, -0.2) is 0 Å². The fourth-order valence-electron chi connectivity index (χ4n) is 0.405. The van der Waals surface area contributed by atoms with Crippen LogP contribution in [0.2, 0.25) is 0 Å². The second-order valence-corrected chi connectivity index (χ2v) is 2.46. The van der Waals surface area contributed by atoms with Crippen molar-refractivity contribution < 1.29 is 4.79 Å². The van der Waals surface area contributed by atoms with Gasteiger partial charge in [0.25, 0.3) is 0 Å². The average molecular weight is 145 g/mol. The third-order valence-corrected chi connectivity index (χ3v) is 0.798. The monoisotopic (exact) mass is 145 g/mol. The summed E-state index contributed by atoms with van der Waals surface area (Å²) in [7, 11) is 0. The van der Waals surface area contributed by atoms with Gasteiger partial charge < -0.3 is 5.32 Å². The lowest BCUT2D eigenvalue weighted by molar-refractivity contribution is -0.116. The van der Waals surface area contributed by atoms with Crippen molar-refractivity contribution in [2.24, 2.45) is 0 Å². The molecule has 0 rings (SSSR count). The van der Waals surface area contributed by atoms with Crippen molar-refractivity contribution >= 4 is 18.5 Å². The van der Waals surface area contributed by atoms with Crippen LogP contribution in [-0.2, 0) is 4.79 Å². The molecule has 52 valence electrons. The minimum atomic E-state index is -0.0972. The van der Waals surface area contributed by atoms with Crippen LogP contribution < -0.4 is 5.32 Å². The van der Waals surface area contributed by atoms with E-state index in [2.05, 4.69) is 17.9 Å². The number of carbonyl (C=O) groups excluding carboxylic acids is 1. The van der Waals surface area contributed by atoms with Crippen molar-refractivity contribution in [3.63, 3.8) is 0 Å². The SMILES string of the molecule is C/C=C\C(=O)NC(C)S. The van der Waals surface area contributed by atoms with E-state index in [9.17, 15) is 4.79 Å². The van der Waals surface area contributed by atoms with E-state index in [0.29, 0.717) is 0 Å². The largest absolute Gasteiger partial charge is 0.341 e. The molecule has 2 nitrogen and oxygen atoms in total. The van der Waals surface area contributed by atoms with Gasteiger partial charge in [0.1, 0.15) is 0 Å². The van der Waals surface area contributed by atoms with Crippen molar-refractivity contribution in [2.75, 3.05) is 0 Å². The Morgan fingerprint density at radius 3 is 2.67 bits per heavy atom. The molecule has 3 heteroatoms. The van der Waals surface area contributed by atoms with E-state index in [0.717, 1.165) is 0 Å². The predicted octanol–water partition coefficient (Wildman–Crippen LogP) is 0.954. The molecule has 1 amide bonds. The minimum absolute atomic E-state index is 0.0753. The molecule has 1 unspecified atom stereocenters. The standard InChI is InChI=1S/C6H11NOS/c1-3-4-6(8)7-5(2)9/h3-5,9H,1-2H3,(H,7,8)/b4-3-. The van der Waals surface area contributed by atoms with Gasteiger partial charge in [-0.05, 0) is 19.9 Å². The van der Waals surface area contributed by atoms with Gasteiger partial charge in [-0.2, -0.15) is 12.6 Å². The lowest BCUT2D eigenvalue weighted by Gasteiger charge is -2.02. The molecule has 1 atom stereocenters. The number of amides is 1. The minimum Gasteiger partial charge on any atom is -0.341 e. The van der Waals surface area contributed by atoms with Crippen LogP contribution in [-0.4, -0.2) is 11.3 Å². The van der Waals surface area contributed by atoms with E-state index in [1.165, 1.54) is 6.08 Å². The van der Waals surface area contributed by atoms with E-state index >= 15 is 0 Å². The topological polar surface area (TPSA) is 29.1 Å². The fraction of sp³-hybridized carbons (Fsp3) is 0.500. The van der Waals surface area contributed by atoms with E-state index in [1.807, 2.05) is 0 Å². The zero-order chi connectivity index (χ0) is 7.28. The number of carbonyl (C=O) groups is 1. The molecule has 1 N–H and O–H groups in total. The van der Waals surface area contributed by atoms with Crippen LogP contribution in [0.5, 0.6) is 0 Å². The number of thiol groups is 1. The molecule has 0 aliphatic rings. The highest BCUT2D eigenvalue weighted by atomic mass is 32.1. The Morgan fingerprint density at radius 1 is 1.78 bits per heavy atom. The lowest BCUT2D eigenvalue weighted by atomic mass is 10.5. The van der Waals surface area contributed by atoms with Gasteiger partial charge in [-0.15, -0.1) is 0 Å². The fourth-order valence-corrected chi connectivity index (χ4v) is 0.533. The normalized spacial score (nSPS) is 13.7. The summed E-state index contributed by atoms with van der Waals surface area (Å²) >= 11 is 3.96. The van der Waals surface area contributed by atoms with Crippen LogP contribution >= 0.6 is 12.6 Å². The Kier molecular flexibility index (Phi) is 4.22. The zero-order valence-electron chi connectivity index (χ0n) is 5.59. The first-order valence-corrected chi connectivity index (χ1v) is 3.29. The second-order valence-electron chi connectivity index (χ2n) is 1.68. The molecule has 0 bridgehead atoms. The number of allylic oxidation sites excluding steroid dienone is 1. The average Bonchev–Trinajstić information content (AvgIpc) is 1.63. The van der Waals surface area contributed by atoms with Gasteiger partial charge in [0.05, 0.1) is 5.37 Å². The maximum atomic E-state index is 10.6. The molecular weight excluding hydrogens is 134 g/mol. The van der Waals surface area contributed by atoms with Crippen LogP contribution in [0.3, 0.4) is 0 Å². The van der Waals surface area contributed by atoms with Gasteiger partial charge in [0, 0.05) is 0 Å². The molecule has 0 radical (unpaired) electrons. The Labute approximate surface area is 60.7 Å². The van der Waals surface area contributed by atoms with Gasteiger partial charge in [0.15, 0.2) is 0 Å². The Hall–Kier alpha value is -0.440. The molecule has 0 aromatic rings. The second kappa shape index (κ2) is 4.44. The van der Waals surface area contributed by atoms with Crippen molar-refractivity contribution in [3.8, 4) is 0 Å². The van der Waals surface area contributed by atoms with Crippen LogP contribution in [0.1, 0.15) is 13.8 Å². The summed E-state index contributed by atoms with van der Waals surface area (Å²) in [6, 6.07) is 0. The third kappa shape index (κ3) is 5.43. The van der Waals surface area contributed by atoms with Gasteiger partial charge >= 0.3 is 0 Å². The number of nitrogens with one attached hydrogen (secondary N) is 1. The highest BCUT2D eigenvalue weighted by Crippen LogP contribution is 1.85. The zero-order valence-corrected chi connectivity index (χ0v) is 6.48. The van der Waals surface area contributed by atoms with E-state index in [-0.39, 0.29) is 11.3 Å².